The summed E-state index contributed by atoms with van der Waals surface area (Å²) >= 11 is 3.10. The van der Waals surface area contributed by atoms with Crippen molar-refractivity contribution in [3.05, 3.63) is 48.7 Å². The van der Waals surface area contributed by atoms with Gasteiger partial charge < -0.3 is 25.8 Å². The van der Waals surface area contributed by atoms with Crippen molar-refractivity contribution in [1.29, 1.82) is 0 Å². The molecule has 1 aliphatic rings. The average molecular weight is 525 g/mol. The van der Waals surface area contributed by atoms with Gasteiger partial charge in [-0.05, 0) is 22.0 Å². The Morgan fingerprint density at radius 2 is 2.15 bits per heavy atom. The molecule has 0 amide bonds. The Morgan fingerprint density at radius 1 is 1.39 bits per heavy atom. The van der Waals surface area contributed by atoms with E-state index in [2.05, 4.69) is 41.4 Å². The fraction of sp³-hybridized carbons (Fsp3) is 0.294. The Balaban J connectivity index is 1.74. The molecule has 1 fully saturated rings. The number of imidazole rings is 1. The summed E-state index contributed by atoms with van der Waals surface area (Å²) in [5.41, 5.74) is 7.54. The van der Waals surface area contributed by atoms with Crippen LogP contribution in [0.4, 0.5) is 17.6 Å². The maximum Gasteiger partial charge on any atom is 0.284 e. The van der Waals surface area contributed by atoms with Crippen LogP contribution in [-0.4, -0.2) is 70.9 Å². The Kier molecular flexibility index (Phi) is 6.09. The minimum absolute atomic E-state index is 0.0666. The van der Waals surface area contributed by atoms with Crippen molar-refractivity contribution in [1.82, 2.24) is 19.5 Å². The van der Waals surface area contributed by atoms with E-state index in [4.69, 9.17) is 10.5 Å². The highest BCUT2D eigenvalue weighted by Gasteiger charge is 2.45. The molecule has 4 atom stereocenters. The first-order valence-corrected chi connectivity index (χ1v) is 10.1. The number of nitrogen functional groups attached to an aromatic ring is 1. The normalized spacial score (nSPS) is 22.9. The van der Waals surface area contributed by atoms with E-state index in [0.29, 0.717) is 10.0 Å². The molecule has 33 heavy (non-hydrogen) atoms. The van der Waals surface area contributed by atoms with Crippen LogP contribution in [0.25, 0.3) is 11.2 Å². The van der Waals surface area contributed by atoms with Crippen LogP contribution in [0.15, 0.2) is 32.6 Å². The van der Waals surface area contributed by atoms with Crippen LogP contribution in [0.3, 0.4) is 0 Å². The number of hydrogen-bond acceptors (Lipinski definition) is 12. The van der Waals surface area contributed by atoms with E-state index in [1.165, 1.54) is 22.9 Å². The molecule has 1 saturated heterocycles. The fourth-order valence-corrected chi connectivity index (χ4v) is 3.72. The van der Waals surface area contributed by atoms with Gasteiger partial charge in [-0.3, -0.25) is 24.5 Å². The highest BCUT2D eigenvalue weighted by atomic mass is 79.9. The molecule has 2 aromatic heterocycles. The van der Waals surface area contributed by atoms with Gasteiger partial charge in [0.05, 0.1) is 22.2 Å². The zero-order valence-corrected chi connectivity index (χ0v) is 18.1. The second kappa shape index (κ2) is 8.83. The summed E-state index contributed by atoms with van der Waals surface area (Å²) in [6.45, 7) is -0.569. The lowest BCUT2D eigenvalue weighted by atomic mass is 10.1. The number of H-pyrrole nitrogens is 1. The lowest BCUT2D eigenvalue weighted by molar-refractivity contribution is -0.385. The van der Waals surface area contributed by atoms with Gasteiger partial charge >= 0.3 is 0 Å². The number of ether oxygens (including phenoxy) is 1. The van der Waals surface area contributed by atoms with Gasteiger partial charge in [0.15, 0.2) is 17.4 Å². The number of benzene rings is 1. The zero-order valence-electron chi connectivity index (χ0n) is 16.5. The second-order valence-electron chi connectivity index (χ2n) is 7.00. The third-order valence-electron chi connectivity index (χ3n) is 4.89. The third kappa shape index (κ3) is 4.16. The number of nitrogens with zero attached hydrogens (tertiary/aromatic N) is 5. The van der Waals surface area contributed by atoms with E-state index in [1.54, 1.807) is 6.07 Å². The SMILES string of the molecule is Nc1nc2c(nc(NN=Cc3ccc(Br)c([N+](=O)[O-])c3)n2[C@H]2O[C@@H](CO)[C@@H](O)[C@H]2O)c(=O)[nH]1. The number of halogens is 1. The van der Waals surface area contributed by atoms with E-state index in [0.717, 1.165) is 0 Å². The van der Waals surface area contributed by atoms with Crippen LogP contribution in [0, 0.1) is 10.1 Å². The van der Waals surface area contributed by atoms with Gasteiger partial charge in [0, 0.05) is 11.6 Å². The first-order chi connectivity index (χ1) is 15.7. The van der Waals surface area contributed by atoms with Crippen LogP contribution in [-0.2, 0) is 4.74 Å². The average Bonchev–Trinajstić information content (AvgIpc) is 3.26. The first-order valence-electron chi connectivity index (χ1n) is 9.34. The van der Waals surface area contributed by atoms with Gasteiger partial charge in [0.1, 0.15) is 18.3 Å². The van der Waals surface area contributed by atoms with Gasteiger partial charge in [0.25, 0.3) is 11.2 Å². The van der Waals surface area contributed by atoms with Crippen molar-refractivity contribution in [2.24, 2.45) is 5.10 Å². The van der Waals surface area contributed by atoms with Crippen molar-refractivity contribution in [3.8, 4) is 0 Å². The molecule has 15 nitrogen and oxygen atoms in total. The Morgan fingerprint density at radius 3 is 2.82 bits per heavy atom. The summed E-state index contributed by atoms with van der Waals surface area (Å²) in [6.07, 6.45) is -4.03. The lowest BCUT2D eigenvalue weighted by Gasteiger charge is -2.18. The van der Waals surface area contributed by atoms with Crippen molar-refractivity contribution in [2.75, 3.05) is 17.8 Å². The molecular formula is C17H17BrN8O7. The van der Waals surface area contributed by atoms with E-state index in [9.17, 15) is 30.2 Å². The molecule has 7 N–H and O–H groups in total. The molecule has 0 unspecified atom stereocenters. The van der Waals surface area contributed by atoms with Crippen molar-refractivity contribution in [2.45, 2.75) is 24.5 Å². The minimum atomic E-state index is -1.50. The molecule has 1 aliphatic heterocycles. The van der Waals surface area contributed by atoms with Gasteiger partial charge in [-0.1, -0.05) is 6.07 Å². The van der Waals surface area contributed by atoms with Crippen LogP contribution in [0.2, 0.25) is 0 Å². The maximum absolute atomic E-state index is 12.3. The molecular weight excluding hydrogens is 508 g/mol. The molecule has 0 saturated carbocycles. The number of hydrazone groups is 1. The van der Waals surface area contributed by atoms with Gasteiger partial charge in [-0.15, -0.1) is 0 Å². The molecule has 16 heteroatoms. The molecule has 3 aromatic rings. The largest absolute Gasteiger partial charge is 0.394 e. The standard InChI is InChI=1S/C17H17BrN8O7/c18-7-2-1-6(3-8(7)26(31)32)4-20-24-17-21-10-13(22-16(19)23-14(10)30)25(17)15-12(29)11(28)9(5-27)33-15/h1-4,9,11-12,15,27-29H,5H2,(H,21,24)(H3,19,22,23,30)/t9-,11+,12+,15-/m0/s1. The van der Waals surface area contributed by atoms with Crippen LogP contribution < -0.4 is 16.7 Å². The monoisotopic (exact) mass is 524 g/mol. The smallest absolute Gasteiger partial charge is 0.284 e. The second-order valence-corrected chi connectivity index (χ2v) is 7.85. The van der Waals surface area contributed by atoms with Crippen LogP contribution in [0.5, 0.6) is 0 Å². The number of nitro groups is 1. The number of aliphatic hydroxyl groups is 3. The number of fused-ring (bicyclic) bond motifs is 1. The Bertz CT molecular complexity index is 1310. The Hall–Kier alpha value is -3.44. The highest BCUT2D eigenvalue weighted by molar-refractivity contribution is 9.10. The molecule has 4 rings (SSSR count). The van der Waals surface area contributed by atoms with Gasteiger partial charge in [0.2, 0.25) is 11.9 Å². The molecule has 3 heterocycles. The first kappa shape index (κ1) is 22.7. The predicted molar refractivity (Wildman–Crippen MR) is 118 cm³/mol. The summed E-state index contributed by atoms with van der Waals surface area (Å²) in [5, 5.41) is 45.1. The molecule has 0 radical (unpaired) electrons. The number of hydrogen-bond donors (Lipinski definition) is 6. The van der Waals surface area contributed by atoms with E-state index < -0.39 is 41.6 Å². The quantitative estimate of drug-likeness (QED) is 0.136. The summed E-state index contributed by atoms with van der Waals surface area (Å²) in [5.74, 6) is -0.330. The topological polar surface area (TPSA) is 227 Å². The number of aliphatic hydroxyl groups excluding tert-OH is 3. The van der Waals surface area contributed by atoms with E-state index in [-0.39, 0.29) is 28.7 Å². The Labute approximate surface area is 191 Å². The van der Waals surface area contributed by atoms with Gasteiger partial charge in [-0.2, -0.15) is 10.1 Å². The predicted octanol–water partition coefficient (Wildman–Crippen LogP) is -0.570. The zero-order chi connectivity index (χ0) is 23.9. The lowest BCUT2D eigenvalue weighted by Crippen LogP contribution is -2.33. The molecule has 0 spiro atoms. The molecule has 1 aromatic carbocycles. The van der Waals surface area contributed by atoms with Crippen LogP contribution in [0.1, 0.15) is 11.8 Å². The van der Waals surface area contributed by atoms with Crippen molar-refractivity contribution in [3.63, 3.8) is 0 Å². The number of nitrogens with one attached hydrogen (secondary N) is 2. The van der Waals surface area contributed by atoms with E-state index >= 15 is 0 Å². The fourth-order valence-electron chi connectivity index (χ4n) is 3.33. The summed E-state index contributed by atoms with van der Waals surface area (Å²) in [6, 6.07) is 4.35. The van der Waals surface area contributed by atoms with Crippen LogP contribution >= 0.6 is 15.9 Å². The summed E-state index contributed by atoms with van der Waals surface area (Å²) in [7, 11) is 0. The maximum atomic E-state index is 12.3. The molecule has 0 bridgehead atoms. The van der Waals surface area contributed by atoms with E-state index in [1.807, 2.05) is 0 Å². The number of nitrogens with two attached hydrogens (primary N) is 1. The summed E-state index contributed by atoms with van der Waals surface area (Å²) < 4.78 is 7.01. The number of anilines is 2. The summed E-state index contributed by atoms with van der Waals surface area (Å²) in [4.78, 5) is 33.3. The van der Waals surface area contributed by atoms with Gasteiger partial charge in [-0.25, -0.2) is 10.4 Å². The highest BCUT2D eigenvalue weighted by Crippen LogP contribution is 2.34. The molecule has 0 aliphatic carbocycles. The van der Waals surface area contributed by atoms with Crippen molar-refractivity contribution >= 4 is 50.9 Å². The van der Waals surface area contributed by atoms with Crippen molar-refractivity contribution < 1.29 is 25.0 Å². The number of rotatable bonds is 6. The third-order valence-corrected chi connectivity index (χ3v) is 5.56. The number of aromatic amines is 1. The number of aromatic nitrogens is 4. The minimum Gasteiger partial charge on any atom is -0.394 e. The molecule has 174 valence electrons. The number of nitro benzene ring substituents is 1.